The van der Waals surface area contributed by atoms with Crippen LogP contribution in [0.3, 0.4) is 0 Å². The second-order valence-corrected chi connectivity index (χ2v) is 4.92. The van der Waals surface area contributed by atoms with E-state index in [1.165, 1.54) is 7.11 Å². The number of ether oxygens (including phenoxy) is 2. The molecule has 0 bridgehead atoms. The molecule has 2 aromatic heterocycles. The fourth-order valence-corrected chi connectivity index (χ4v) is 2.60. The highest BCUT2D eigenvalue weighted by Crippen LogP contribution is 2.35. The number of aryl methyl sites for hydroxylation is 1. The van der Waals surface area contributed by atoms with E-state index in [9.17, 15) is 4.79 Å². The number of carbonyl (C=O) groups is 1. The molecule has 22 heavy (non-hydrogen) atoms. The zero-order valence-electron chi connectivity index (χ0n) is 12.4. The van der Waals surface area contributed by atoms with Crippen molar-refractivity contribution in [2.75, 3.05) is 19.0 Å². The van der Waals surface area contributed by atoms with Gasteiger partial charge in [-0.25, -0.2) is 5.10 Å². The molecule has 1 aliphatic heterocycles. The maximum absolute atomic E-state index is 12.5. The molecular weight excluding hydrogens is 288 g/mol. The first-order valence-electron chi connectivity index (χ1n) is 7.13. The van der Waals surface area contributed by atoms with Gasteiger partial charge in [-0.2, -0.15) is 10.1 Å². The van der Waals surface area contributed by atoms with Crippen LogP contribution in [0.25, 0.3) is 0 Å². The summed E-state index contributed by atoms with van der Waals surface area (Å²) in [6.45, 7) is 3.27. The van der Waals surface area contributed by atoms with Gasteiger partial charge in [0.25, 0.3) is 0 Å². The average Bonchev–Trinajstić information content (AvgIpc) is 3.25. The van der Waals surface area contributed by atoms with Crippen molar-refractivity contribution in [3.63, 3.8) is 0 Å². The van der Waals surface area contributed by atoms with Crippen molar-refractivity contribution < 1.29 is 14.3 Å². The number of hydrogen-bond donors (Lipinski definition) is 2. The Morgan fingerprint density at radius 3 is 3.23 bits per heavy atom. The third-order valence-electron chi connectivity index (χ3n) is 3.66. The number of rotatable bonds is 5. The minimum atomic E-state index is -0.299. The third kappa shape index (κ3) is 2.67. The van der Waals surface area contributed by atoms with Crippen LogP contribution in [0.2, 0.25) is 0 Å². The molecule has 2 atom stereocenters. The lowest BCUT2D eigenvalue weighted by Gasteiger charge is -2.18. The molecule has 0 radical (unpaired) electrons. The van der Waals surface area contributed by atoms with Crippen LogP contribution in [-0.4, -0.2) is 44.6 Å². The average molecular weight is 306 g/mol. The largest absolute Gasteiger partial charge is 0.466 e. The van der Waals surface area contributed by atoms with Gasteiger partial charge >= 0.3 is 6.01 Å². The highest BCUT2D eigenvalue weighted by Gasteiger charge is 2.37. The number of aromatic amines is 1. The highest BCUT2D eigenvalue weighted by molar-refractivity contribution is 5.91. The summed E-state index contributed by atoms with van der Waals surface area (Å²) in [6.07, 6.45) is 2.07. The number of carbonyl (C=O) groups excluding carboxylic acids is 1. The first-order chi connectivity index (χ1) is 10.7. The molecule has 3 heterocycles. The van der Waals surface area contributed by atoms with Crippen LogP contribution in [0.15, 0.2) is 12.3 Å². The van der Waals surface area contributed by atoms with Crippen LogP contribution in [0, 0.1) is 5.92 Å². The molecule has 1 fully saturated rings. The number of aromatic nitrogens is 5. The Balaban J connectivity index is 1.73. The number of hydrogen-bond acceptors (Lipinski definition) is 6. The van der Waals surface area contributed by atoms with E-state index in [0.717, 1.165) is 12.2 Å². The molecule has 0 saturated carbocycles. The van der Waals surface area contributed by atoms with Gasteiger partial charge in [-0.15, -0.1) is 5.10 Å². The molecule has 2 aromatic rings. The standard InChI is InChI=1S/C13H18N6O3/c1-3-19-9(4-6-14-19)10-8(5-7-22-10)11(20)15-12-16-13(21-2)18-17-12/h4,6,8,10H,3,5,7H2,1-2H3,(H2,15,16,17,18,20)/t8-,10-/m1/s1. The molecule has 1 amide bonds. The summed E-state index contributed by atoms with van der Waals surface area (Å²) in [5.41, 5.74) is 0.912. The normalized spacial score (nSPS) is 21.0. The lowest BCUT2D eigenvalue weighted by molar-refractivity contribution is -0.121. The minimum absolute atomic E-state index is 0.162. The fraction of sp³-hybridized carbons (Fsp3) is 0.538. The number of nitrogens with one attached hydrogen (secondary N) is 2. The summed E-state index contributed by atoms with van der Waals surface area (Å²) in [6, 6.07) is 2.07. The fourth-order valence-electron chi connectivity index (χ4n) is 2.60. The van der Waals surface area contributed by atoms with E-state index in [1.807, 2.05) is 17.7 Å². The highest BCUT2D eigenvalue weighted by atomic mass is 16.5. The summed E-state index contributed by atoms with van der Waals surface area (Å²) in [5, 5.41) is 13.3. The predicted octanol–water partition coefficient (Wildman–Crippen LogP) is 0.746. The van der Waals surface area contributed by atoms with Crippen LogP contribution in [0.1, 0.15) is 25.1 Å². The van der Waals surface area contributed by atoms with Gasteiger partial charge < -0.3 is 9.47 Å². The molecule has 1 saturated heterocycles. The molecule has 0 aromatic carbocycles. The Labute approximate surface area is 127 Å². The zero-order valence-corrected chi connectivity index (χ0v) is 12.4. The Morgan fingerprint density at radius 2 is 2.50 bits per heavy atom. The van der Waals surface area contributed by atoms with E-state index < -0.39 is 0 Å². The summed E-state index contributed by atoms with van der Waals surface area (Å²) in [5.74, 6) is -0.195. The summed E-state index contributed by atoms with van der Waals surface area (Å²) in [7, 11) is 1.46. The van der Waals surface area contributed by atoms with Gasteiger partial charge in [0.1, 0.15) is 6.10 Å². The molecule has 3 rings (SSSR count). The van der Waals surface area contributed by atoms with Crippen molar-refractivity contribution in [2.45, 2.75) is 26.0 Å². The smallest absolute Gasteiger partial charge is 0.336 e. The van der Waals surface area contributed by atoms with Crippen LogP contribution in [0.5, 0.6) is 6.01 Å². The lowest BCUT2D eigenvalue weighted by atomic mass is 9.98. The number of H-pyrrole nitrogens is 1. The number of methoxy groups -OCH3 is 1. The summed E-state index contributed by atoms with van der Waals surface area (Å²) < 4.78 is 12.5. The van der Waals surface area contributed by atoms with E-state index >= 15 is 0 Å². The van der Waals surface area contributed by atoms with Crippen molar-refractivity contribution >= 4 is 11.9 Å². The molecule has 0 aliphatic carbocycles. The van der Waals surface area contributed by atoms with E-state index in [-0.39, 0.29) is 29.9 Å². The van der Waals surface area contributed by atoms with Gasteiger partial charge in [0.2, 0.25) is 11.9 Å². The van der Waals surface area contributed by atoms with Gasteiger partial charge in [-0.3, -0.25) is 14.8 Å². The molecular formula is C13H18N6O3. The van der Waals surface area contributed by atoms with Crippen molar-refractivity contribution in [2.24, 2.45) is 5.92 Å². The minimum Gasteiger partial charge on any atom is -0.466 e. The predicted molar refractivity (Wildman–Crippen MR) is 76.3 cm³/mol. The SMILES string of the molecule is CCn1nccc1[C@@H]1OCC[C@H]1C(=O)Nc1nc(OC)n[nH]1. The van der Waals surface area contributed by atoms with Crippen LogP contribution >= 0.6 is 0 Å². The van der Waals surface area contributed by atoms with Crippen LogP contribution in [0.4, 0.5) is 5.95 Å². The van der Waals surface area contributed by atoms with E-state index in [1.54, 1.807) is 6.20 Å². The Bertz CT molecular complexity index is 652. The number of nitrogens with zero attached hydrogens (tertiary/aromatic N) is 4. The molecule has 9 heteroatoms. The quantitative estimate of drug-likeness (QED) is 0.844. The van der Waals surface area contributed by atoms with Crippen molar-refractivity contribution in [3.8, 4) is 6.01 Å². The topological polar surface area (TPSA) is 107 Å². The van der Waals surface area contributed by atoms with Gasteiger partial charge in [0.15, 0.2) is 0 Å². The Hall–Kier alpha value is -2.42. The summed E-state index contributed by atoms with van der Waals surface area (Å²) in [4.78, 5) is 16.5. The van der Waals surface area contributed by atoms with E-state index in [0.29, 0.717) is 13.0 Å². The van der Waals surface area contributed by atoms with Gasteiger partial charge in [0.05, 0.1) is 18.7 Å². The van der Waals surface area contributed by atoms with Gasteiger partial charge in [-0.1, -0.05) is 0 Å². The van der Waals surface area contributed by atoms with Crippen LogP contribution < -0.4 is 10.1 Å². The summed E-state index contributed by atoms with van der Waals surface area (Å²) >= 11 is 0. The van der Waals surface area contributed by atoms with E-state index in [4.69, 9.17) is 9.47 Å². The van der Waals surface area contributed by atoms with Crippen molar-refractivity contribution in [3.05, 3.63) is 18.0 Å². The second kappa shape index (κ2) is 6.14. The maximum atomic E-state index is 12.5. The van der Waals surface area contributed by atoms with Gasteiger partial charge in [0, 0.05) is 19.3 Å². The molecule has 1 aliphatic rings. The van der Waals surface area contributed by atoms with Crippen LogP contribution in [-0.2, 0) is 16.1 Å². The third-order valence-corrected chi connectivity index (χ3v) is 3.66. The Morgan fingerprint density at radius 1 is 1.64 bits per heavy atom. The van der Waals surface area contributed by atoms with Crippen molar-refractivity contribution in [1.82, 2.24) is 25.0 Å². The molecule has 118 valence electrons. The molecule has 2 N–H and O–H groups in total. The monoisotopic (exact) mass is 306 g/mol. The van der Waals surface area contributed by atoms with E-state index in [2.05, 4.69) is 25.6 Å². The molecule has 9 nitrogen and oxygen atoms in total. The molecule has 0 unspecified atom stereocenters. The van der Waals surface area contributed by atoms with Gasteiger partial charge in [-0.05, 0) is 19.4 Å². The zero-order chi connectivity index (χ0) is 15.5. The Kier molecular flexibility index (Phi) is 4.05. The van der Waals surface area contributed by atoms with Crippen molar-refractivity contribution in [1.29, 1.82) is 0 Å². The first kappa shape index (κ1) is 14.5. The lowest BCUT2D eigenvalue weighted by Crippen LogP contribution is -2.27. The first-order valence-corrected chi connectivity index (χ1v) is 7.13. The number of amides is 1. The second-order valence-electron chi connectivity index (χ2n) is 4.92. The maximum Gasteiger partial charge on any atom is 0.336 e. The number of anilines is 1. The molecule has 0 spiro atoms.